The van der Waals surface area contributed by atoms with E-state index in [1.165, 1.54) is 0 Å². The molecule has 0 heterocycles. The van der Waals surface area contributed by atoms with Crippen LogP contribution in [-0.4, -0.2) is 63.2 Å². The minimum Gasteiger partial charge on any atom is -0.480 e. The standard InChI is InChI=1S/C14H23N3O8/c1-7(18)16-10(14(24)25)5-6-11(19)17-9(13(22)23)4-2-3-8(15)12(20)21/h8-10H,2-6,15H2,1H3,(H,16,18)(H,17,19)(H,20,21)(H,22,23)(H,24,25)/t8-,9?,10-/m0/s1. The van der Waals surface area contributed by atoms with Gasteiger partial charge < -0.3 is 31.7 Å². The molecule has 25 heavy (non-hydrogen) atoms. The second-order valence-corrected chi connectivity index (χ2v) is 5.46. The summed E-state index contributed by atoms with van der Waals surface area (Å²) in [6.07, 6.45) is -0.282. The van der Waals surface area contributed by atoms with E-state index < -0.39 is 47.8 Å². The van der Waals surface area contributed by atoms with Crippen LogP contribution in [0.3, 0.4) is 0 Å². The van der Waals surface area contributed by atoms with Gasteiger partial charge >= 0.3 is 17.9 Å². The molecular formula is C14H23N3O8. The van der Waals surface area contributed by atoms with E-state index in [4.69, 9.17) is 21.1 Å². The fourth-order valence-corrected chi connectivity index (χ4v) is 1.97. The fraction of sp³-hybridized carbons (Fsp3) is 0.643. The van der Waals surface area contributed by atoms with Gasteiger partial charge in [0.2, 0.25) is 11.8 Å². The number of nitrogens with one attached hydrogen (secondary N) is 2. The molecular weight excluding hydrogens is 338 g/mol. The van der Waals surface area contributed by atoms with Crippen LogP contribution in [-0.2, 0) is 24.0 Å². The Morgan fingerprint density at radius 2 is 1.36 bits per heavy atom. The predicted molar refractivity (Wildman–Crippen MR) is 83.5 cm³/mol. The highest BCUT2D eigenvalue weighted by atomic mass is 16.4. The van der Waals surface area contributed by atoms with Crippen LogP contribution < -0.4 is 16.4 Å². The molecule has 0 saturated heterocycles. The van der Waals surface area contributed by atoms with Crippen LogP contribution in [0.15, 0.2) is 0 Å². The molecule has 0 bridgehead atoms. The van der Waals surface area contributed by atoms with Gasteiger partial charge in [-0.25, -0.2) is 9.59 Å². The lowest BCUT2D eigenvalue weighted by atomic mass is 10.1. The number of hydrogen-bond acceptors (Lipinski definition) is 6. The minimum atomic E-state index is -1.31. The van der Waals surface area contributed by atoms with Crippen molar-refractivity contribution in [1.29, 1.82) is 0 Å². The van der Waals surface area contributed by atoms with E-state index in [1.807, 2.05) is 0 Å². The molecule has 0 aromatic heterocycles. The Morgan fingerprint density at radius 3 is 1.80 bits per heavy atom. The molecule has 3 atom stereocenters. The molecule has 1 unspecified atom stereocenters. The maximum absolute atomic E-state index is 11.8. The van der Waals surface area contributed by atoms with E-state index in [0.717, 1.165) is 6.92 Å². The first-order chi connectivity index (χ1) is 11.5. The molecule has 0 spiro atoms. The predicted octanol–water partition coefficient (Wildman–Crippen LogP) is -1.49. The van der Waals surface area contributed by atoms with Crippen LogP contribution in [0.2, 0.25) is 0 Å². The second kappa shape index (κ2) is 11.0. The number of hydrogen-bond donors (Lipinski definition) is 6. The number of rotatable bonds is 12. The summed E-state index contributed by atoms with van der Waals surface area (Å²) in [6.45, 7) is 1.14. The zero-order chi connectivity index (χ0) is 19.6. The number of carbonyl (C=O) groups is 5. The van der Waals surface area contributed by atoms with Gasteiger partial charge in [0.25, 0.3) is 0 Å². The number of aliphatic carboxylic acids is 3. The van der Waals surface area contributed by atoms with Crippen molar-refractivity contribution in [3.63, 3.8) is 0 Å². The lowest BCUT2D eigenvalue weighted by Crippen LogP contribution is -2.43. The van der Waals surface area contributed by atoms with Gasteiger partial charge in [0.15, 0.2) is 0 Å². The summed E-state index contributed by atoms with van der Waals surface area (Å²) in [6, 6.07) is -3.60. The van der Waals surface area contributed by atoms with Gasteiger partial charge in [0.1, 0.15) is 18.1 Å². The van der Waals surface area contributed by atoms with Crippen LogP contribution in [0.5, 0.6) is 0 Å². The van der Waals surface area contributed by atoms with Gasteiger partial charge in [0.05, 0.1) is 0 Å². The summed E-state index contributed by atoms with van der Waals surface area (Å²) >= 11 is 0. The number of amides is 2. The summed E-state index contributed by atoms with van der Waals surface area (Å²) in [7, 11) is 0. The Morgan fingerprint density at radius 1 is 0.840 bits per heavy atom. The summed E-state index contributed by atoms with van der Waals surface area (Å²) < 4.78 is 0. The molecule has 7 N–H and O–H groups in total. The molecule has 0 rings (SSSR count). The van der Waals surface area contributed by atoms with Crippen molar-refractivity contribution in [3.8, 4) is 0 Å². The molecule has 0 aliphatic rings. The zero-order valence-electron chi connectivity index (χ0n) is 13.7. The Labute approximate surface area is 143 Å². The topological polar surface area (TPSA) is 196 Å². The Hall–Kier alpha value is -2.69. The quantitative estimate of drug-likeness (QED) is 0.240. The summed E-state index contributed by atoms with van der Waals surface area (Å²) in [5.41, 5.74) is 5.30. The zero-order valence-corrected chi connectivity index (χ0v) is 13.7. The summed E-state index contributed by atoms with van der Waals surface area (Å²) in [5.74, 6) is -5.06. The van der Waals surface area contributed by atoms with Crippen molar-refractivity contribution in [3.05, 3.63) is 0 Å². The number of carboxylic acids is 3. The molecule has 11 nitrogen and oxygen atoms in total. The van der Waals surface area contributed by atoms with Crippen molar-refractivity contribution in [2.24, 2.45) is 5.73 Å². The van der Waals surface area contributed by atoms with Gasteiger partial charge in [-0.3, -0.25) is 14.4 Å². The molecule has 0 aliphatic heterocycles. The maximum atomic E-state index is 11.8. The molecule has 142 valence electrons. The number of carbonyl (C=O) groups excluding carboxylic acids is 2. The van der Waals surface area contributed by atoms with Gasteiger partial charge in [-0.2, -0.15) is 0 Å². The van der Waals surface area contributed by atoms with E-state index >= 15 is 0 Å². The van der Waals surface area contributed by atoms with Crippen molar-refractivity contribution >= 4 is 29.7 Å². The molecule has 2 amide bonds. The van der Waals surface area contributed by atoms with E-state index in [0.29, 0.717) is 0 Å². The van der Waals surface area contributed by atoms with Crippen LogP contribution in [0.1, 0.15) is 39.0 Å². The highest BCUT2D eigenvalue weighted by Gasteiger charge is 2.23. The van der Waals surface area contributed by atoms with Crippen molar-refractivity contribution < 1.29 is 39.3 Å². The highest BCUT2D eigenvalue weighted by molar-refractivity contribution is 5.85. The Kier molecular flexibility index (Phi) is 9.79. The second-order valence-electron chi connectivity index (χ2n) is 5.46. The first-order valence-corrected chi connectivity index (χ1v) is 7.55. The third-order valence-electron chi connectivity index (χ3n) is 3.29. The first kappa shape index (κ1) is 22.3. The van der Waals surface area contributed by atoms with Gasteiger partial charge in [-0.05, 0) is 25.7 Å². The lowest BCUT2D eigenvalue weighted by Gasteiger charge is -2.16. The Bertz CT molecular complexity index is 522. The third kappa shape index (κ3) is 9.91. The van der Waals surface area contributed by atoms with Crippen molar-refractivity contribution in [1.82, 2.24) is 10.6 Å². The maximum Gasteiger partial charge on any atom is 0.326 e. The molecule has 11 heteroatoms. The first-order valence-electron chi connectivity index (χ1n) is 7.55. The monoisotopic (exact) mass is 361 g/mol. The minimum absolute atomic E-state index is 0.0177. The average Bonchev–Trinajstić information content (AvgIpc) is 2.49. The van der Waals surface area contributed by atoms with E-state index in [-0.39, 0.29) is 32.1 Å². The largest absolute Gasteiger partial charge is 0.480 e. The average molecular weight is 361 g/mol. The van der Waals surface area contributed by atoms with Gasteiger partial charge in [0, 0.05) is 13.3 Å². The van der Waals surface area contributed by atoms with Gasteiger partial charge in [-0.1, -0.05) is 0 Å². The van der Waals surface area contributed by atoms with E-state index in [9.17, 15) is 24.0 Å². The van der Waals surface area contributed by atoms with Crippen molar-refractivity contribution in [2.45, 2.75) is 57.2 Å². The highest BCUT2D eigenvalue weighted by Crippen LogP contribution is 2.06. The SMILES string of the molecule is CC(=O)N[C@@H](CCC(=O)NC(CCC[C@H](N)C(=O)O)C(=O)O)C(=O)O. The molecule has 0 radical (unpaired) electrons. The molecule has 0 aromatic carbocycles. The van der Waals surface area contributed by atoms with E-state index in [1.54, 1.807) is 0 Å². The fourth-order valence-electron chi connectivity index (χ4n) is 1.97. The number of carboxylic acid groups (broad SMARTS) is 3. The van der Waals surface area contributed by atoms with Crippen LogP contribution in [0.25, 0.3) is 0 Å². The molecule has 0 saturated carbocycles. The van der Waals surface area contributed by atoms with Gasteiger partial charge in [-0.15, -0.1) is 0 Å². The third-order valence-corrected chi connectivity index (χ3v) is 3.29. The van der Waals surface area contributed by atoms with Crippen LogP contribution in [0.4, 0.5) is 0 Å². The Balaban J connectivity index is 4.44. The van der Waals surface area contributed by atoms with Crippen LogP contribution >= 0.6 is 0 Å². The van der Waals surface area contributed by atoms with Crippen molar-refractivity contribution in [2.75, 3.05) is 0 Å². The normalized spacial score (nSPS) is 14.0. The molecule has 0 aromatic rings. The number of nitrogens with two attached hydrogens (primary N) is 1. The molecule has 0 fully saturated rings. The molecule has 0 aliphatic carbocycles. The summed E-state index contributed by atoms with van der Waals surface area (Å²) in [5, 5.41) is 31.0. The van der Waals surface area contributed by atoms with E-state index in [2.05, 4.69) is 10.6 Å². The smallest absolute Gasteiger partial charge is 0.326 e. The summed E-state index contributed by atoms with van der Waals surface area (Å²) in [4.78, 5) is 55.3. The van der Waals surface area contributed by atoms with Crippen LogP contribution in [0, 0.1) is 0 Å². The lowest BCUT2D eigenvalue weighted by molar-refractivity contribution is -0.143.